The van der Waals surface area contributed by atoms with Gasteiger partial charge in [-0.2, -0.15) is 0 Å². The third-order valence-corrected chi connectivity index (χ3v) is 1.84. The van der Waals surface area contributed by atoms with Gasteiger partial charge in [0.05, 0.1) is 0 Å². The highest BCUT2D eigenvalue weighted by Crippen LogP contribution is 2.03. The molecule has 3 heteroatoms. The molecular weight excluding hydrogens is 138 g/mol. The molecule has 0 aliphatic rings. The van der Waals surface area contributed by atoms with Crippen molar-refractivity contribution in [1.29, 1.82) is 0 Å². The Kier molecular flexibility index (Phi) is 2.65. The number of H-pyrrole nitrogens is 1. The van der Waals surface area contributed by atoms with E-state index in [0.717, 1.165) is 12.2 Å². The van der Waals surface area contributed by atoms with Gasteiger partial charge >= 0.3 is 0 Å². The zero-order chi connectivity index (χ0) is 8.27. The topological polar surface area (TPSA) is 54.7 Å². The van der Waals surface area contributed by atoms with Crippen molar-refractivity contribution in [3.05, 3.63) is 18.2 Å². The van der Waals surface area contributed by atoms with Crippen LogP contribution in [0.2, 0.25) is 0 Å². The Hall–Kier alpha value is -0.830. The van der Waals surface area contributed by atoms with Crippen LogP contribution in [0.15, 0.2) is 12.4 Å². The van der Waals surface area contributed by atoms with Crippen molar-refractivity contribution >= 4 is 0 Å². The molecule has 0 amide bonds. The first-order chi connectivity index (χ1) is 5.20. The molecule has 0 aliphatic heterocycles. The first-order valence-electron chi connectivity index (χ1n) is 3.94. The predicted octanol–water partition coefficient (Wildman–Crippen LogP) is 0.935. The standard InChI is InChI=1S/C8H15N3/c1-6(2)7(9)5-8-10-3-4-11-8/h3-4,6-7H,5,9H2,1-2H3,(H,10,11)/t7-/m0/s1. The molecule has 1 heterocycles. The normalized spacial score (nSPS) is 13.8. The summed E-state index contributed by atoms with van der Waals surface area (Å²) in [5, 5.41) is 0. The Morgan fingerprint density at radius 2 is 2.36 bits per heavy atom. The second-order valence-electron chi connectivity index (χ2n) is 3.15. The van der Waals surface area contributed by atoms with Crippen molar-refractivity contribution in [1.82, 2.24) is 9.97 Å². The van der Waals surface area contributed by atoms with E-state index >= 15 is 0 Å². The highest BCUT2D eigenvalue weighted by atomic mass is 14.9. The van der Waals surface area contributed by atoms with Crippen molar-refractivity contribution in [3.8, 4) is 0 Å². The maximum Gasteiger partial charge on any atom is 0.107 e. The number of nitrogens with one attached hydrogen (secondary N) is 1. The van der Waals surface area contributed by atoms with Crippen LogP contribution in [0.3, 0.4) is 0 Å². The minimum Gasteiger partial charge on any atom is -0.349 e. The molecule has 0 saturated heterocycles. The Morgan fingerprint density at radius 1 is 1.64 bits per heavy atom. The molecule has 1 aromatic heterocycles. The molecule has 1 atom stereocenters. The third kappa shape index (κ3) is 2.35. The molecule has 0 radical (unpaired) electrons. The van der Waals surface area contributed by atoms with E-state index in [9.17, 15) is 0 Å². The summed E-state index contributed by atoms with van der Waals surface area (Å²) >= 11 is 0. The van der Waals surface area contributed by atoms with Gasteiger partial charge < -0.3 is 10.7 Å². The Morgan fingerprint density at radius 3 is 2.82 bits per heavy atom. The van der Waals surface area contributed by atoms with E-state index in [0.29, 0.717) is 5.92 Å². The molecule has 0 saturated carbocycles. The fourth-order valence-corrected chi connectivity index (χ4v) is 0.869. The molecule has 62 valence electrons. The Labute approximate surface area is 67.0 Å². The minimum atomic E-state index is 0.209. The molecule has 1 rings (SSSR count). The second-order valence-corrected chi connectivity index (χ2v) is 3.15. The fourth-order valence-electron chi connectivity index (χ4n) is 0.869. The van der Waals surface area contributed by atoms with Crippen LogP contribution in [0.1, 0.15) is 19.7 Å². The van der Waals surface area contributed by atoms with E-state index in [2.05, 4.69) is 23.8 Å². The smallest absolute Gasteiger partial charge is 0.107 e. The highest BCUT2D eigenvalue weighted by Gasteiger charge is 2.08. The van der Waals surface area contributed by atoms with Gasteiger partial charge in [0.15, 0.2) is 0 Å². The van der Waals surface area contributed by atoms with Crippen LogP contribution in [-0.4, -0.2) is 16.0 Å². The molecule has 0 aromatic carbocycles. The van der Waals surface area contributed by atoms with Crippen molar-refractivity contribution in [3.63, 3.8) is 0 Å². The van der Waals surface area contributed by atoms with Crippen molar-refractivity contribution < 1.29 is 0 Å². The van der Waals surface area contributed by atoms with Crippen LogP contribution < -0.4 is 5.73 Å². The molecule has 0 fully saturated rings. The molecule has 1 aromatic rings. The van der Waals surface area contributed by atoms with Crippen molar-refractivity contribution in [2.24, 2.45) is 11.7 Å². The fraction of sp³-hybridized carbons (Fsp3) is 0.625. The maximum atomic E-state index is 5.85. The third-order valence-electron chi connectivity index (χ3n) is 1.84. The highest BCUT2D eigenvalue weighted by molar-refractivity contribution is 4.90. The summed E-state index contributed by atoms with van der Waals surface area (Å²) in [6.07, 6.45) is 4.41. The molecule has 3 nitrogen and oxygen atoms in total. The SMILES string of the molecule is CC(C)[C@@H](N)Cc1ncc[nH]1. The van der Waals surface area contributed by atoms with Crippen LogP contribution in [0.25, 0.3) is 0 Å². The van der Waals surface area contributed by atoms with E-state index in [4.69, 9.17) is 5.73 Å². The lowest BCUT2D eigenvalue weighted by Crippen LogP contribution is -2.29. The van der Waals surface area contributed by atoms with Gasteiger partial charge in [0.2, 0.25) is 0 Å². The monoisotopic (exact) mass is 153 g/mol. The summed E-state index contributed by atoms with van der Waals surface area (Å²) in [6, 6.07) is 0.209. The molecule has 11 heavy (non-hydrogen) atoms. The summed E-state index contributed by atoms with van der Waals surface area (Å²) in [5.41, 5.74) is 5.85. The van der Waals surface area contributed by atoms with Crippen LogP contribution in [0, 0.1) is 5.92 Å². The van der Waals surface area contributed by atoms with Crippen LogP contribution in [-0.2, 0) is 6.42 Å². The average molecular weight is 153 g/mol. The van der Waals surface area contributed by atoms with E-state index in [1.807, 2.05) is 6.20 Å². The Bertz CT molecular complexity index is 191. The summed E-state index contributed by atoms with van der Waals surface area (Å²) in [7, 11) is 0. The predicted molar refractivity (Wildman–Crippen MR) is 45.1 cm³/mol. The van der Waals surface area contributed by atoms with Gasteiger partial charge in [-0.05, 0) is 5.92 Å². The van der Waals surface area contributed by atoms with E-state index in [-0.39, 0.29) is 6.04 Å². The molecular formula is C8H15N3. The number of aromatic nitrogens is 2. The zero-order valence-electron chi connectivity index (χ0n) is 7.04. The number of hydrogen-bond acceptors (Lipinski definition) is 2. The number of nitrogens with zero attached hydrogens (tertiary/aromatic N) is 1. The van der Waals surface area contributed by atoms with Crippen molar-refractivity contribution in [2.75, 3.05) is 0 Å². The molecule has 0 aliphatic carbocycles. The zero-order valence-corrected chi connectivity index (χ0v) is 7.04. The number of rotatable bonds is 3. The second kappa shape index (κ2) is 3.53. The van der Waals surface area contributed by atoms with Gasteiger partial charge in [-0.25, -0.2) is 4.98 Å². The largest absolute Gasteiger partial charge is 0.349 e. The molecule has 0 unspecified atom stereocenters. The average Bonchev–Trinajstić information content (AvgIpc) is 2.39. The molecule has 0 bridgehead atoms. The van der Waals surface area contributed by atoms with Crippen LogP contribution in [0.4, 0.5) is 0 Å². The first kappa shape index (κ1) is 8.27. The summed E-state index contributed by atoms with van der Waals surface area (Å²) in [6.45, 7) is 4.24. The number of nitrogens with two attached hydrogens (primary N) is 1. The lowest BCUT2D eigenvalue weighted by atomic mass is 10.0. The summed E-state index contributed by atoms with van der Waals surface area (Å²) < 4.78 is 0. The number of hydrogen-bond donors (Lipinski definition) is 2. The minimum absolute atomic E-state index is 0.209. The van der Waals surface area contributed by atoms with E-state index in [1.54, 1.807) is 6.20 Å². The van der Waals surface area contributed by atoms with Crippen LogP contribution in [0.5, 0.6) is 0 Å². The van der Waals surface area contributed by atoms with E-state index in [1.165, 1.54) is 0 Å². The number of imidazole rings is 1. The lowest BCUT2D eigenvalue weighted by molar-refractivity contribution is 0.483. The lowest BCUT2D eigenvalue weighted by Gasteiger charge is -2.13. The van der Waals surface area contributed by atoms with Gasteiger partial charge in [0.25, 0.3) is 0 Å². The number of aromatic amines is 1. The summed E-state index contributed by atoms with van der Waals surface area (Å²) in [5.74, 6) is 1.49. The van der Waals surface area contributed by atoms with E-state index < -0.39 is 0 Å². The van der Waals surface area contributed by atoms with Gasteiger partial charge in [0.1, 0.15) is 5.82 Å². The van der Waals surface area contributed by atoms with Gasteiger partial charge in [-0.15, -0.1) is 0 Å². The van der Waals surface area contributed by atoms with Gasteiger partial charge in [-0.3, -0.25) is 0 Å². The van der Waals surface area contributed by atoms with Crippen molar-refractivity contribution in [2.45, 2.75) is 26.3 Å². The maximum absolute atomic E-state index is 5.85. The molecule has 3 N–H and O–H groups in total. The van der Waals surface area contributed by atoms with Gasteiger partial charge in [-0.1, -0.05) is 13.8 Å². The van der Waals surface area contributed by atoms with Gasteiger partial charge in [0, 0.05) is 24.9 Å². The van der Waals surface area contributed by atoms with Crippen LogP contribution >= 0.6 is 0 Å². The quantitative estimate of drug-likeness (QED) is 0.679. The first-order valence-corrected chi connectivity index (χ1v) is 3.94. The Balaban J connectivity index is 2.43. The molecule has 0 spiro atoms. The summed E-state index contributed by atoms with van der Waals surface area (Å²) in [4.78, 5) is 7.13.